The standard InChI is InChI=1S/C24H20N3O4/c28-27(29)24-26(22(16-31-24)18-10-5-2-6-11-18)20-13-7-12-19(14-20)23-25-21(15-30-23)17-8-3-1-4-9-17/h1-11,13-14,21-22,24H,15-16H2/t21-,22-,24?/m0/s1. The topological polar surface area (TPSA) is 77.2 Å². The molecule has 1 fully saturated rings. The molecule has 3 atom stereocenters. The van der Waals surface area contributed by atoms with Gasteiger partial charge in [0.25, 0.3) is 0 Å². The van der Waals surface area contributed by atoms with Crippen LogP contribution in [0.1, 0.15) is 28.8 Å². The highest BCUT2D eigenvalue weighted by Crippen LogP contribution is 2.36. The van der Waals surface area contributed by atoms with Crippen molar-refractivity contribution in [3.63, 3.8) is 0 Å². The highest BCUT2D eigenvalue weighted by Gasteiger charge is 2.43. The Balaban J connectivity index is 1.47. The average Bonchev–Trinajstić information content (AvgIpc) is 3.48. The van der Waals surface area contributed by atoms with Crippen molar-refractivity contribution in [2.45, 2.75) is 18.4 Å². The van der Waals surface area contributed by atoms with Gasteiger partial charge < -0.3 is 4.74 Å². The molecule has 3 aromatic carbocycles. The Kier molecular flexibility index (Phi) is 5.09. The van der Waals surface area contributed by atoms with Gasteiger partial charge in [0.05, 0.1) is 17.6 Å². The van der Waals surface area contributed by atoms with Crippen LogP contribution in [0, 0.1) is 16.2 Å². The lowest BCUT2D eigenvalue weighted by Crippen LogP contribution is -2.38. The molecular weight excluding hydrogens is 394 g/mol. The quantitative estimate of drug-likeness (QED) is 0.463. The van der Waals surface area contributed by atoms with Crippen molar-refractivity contribution in [1.82, 2.24) is 0 Å². The molecular formula is C24H20N3O4. The zero-order chi connectivity index (χ0) is 21.2. The summed E-state index contributed by atoms with van der Waals surface area (Å²) >= 11 is 0. The van der Waals surface area contributed by atoms with Crippen molar-refractivity contribution in [3.05, 3.63) is 112 Å². The average molecular weight is 414 g/mol. The predicted octanol–water partition coefficient (Wildman–Crippen LogP) is 4.14. The summed E-state index contributed by atoms with van der Waals surface area (Å²) < 4.78 is 11.4. The van der Waals surface area contributed by atoms with Gasteiger partial charge in [0.1, 0.15) is 12.6 Å². The highest BCUT2D eigenvalue weighted by molar-refractivity contribution is 5.96. The van der Waals surface area contributed by atoms with E-state index < -0.39 is 11.3 Å². The monoisotopic (exact) mass is 414 g/mol. The minimum atomic E-state index is -1.26. The van der Waals surface area contributed by atoms with Gasteiger partial charge in [0.15, 0.2) is 0 Å². The Labute approximate surface area is 179 Å². The number of aliphatic imine (C=N–C) groups is 1. The SMILES string of the molecule is O=[N+]([O-])C1OC[C@@H](c2ccccc2)N1c1cc[c]c(C2=N[C@H](c3ccccc3)CO2)c1. The summed E-state index contributed by atoms with van der Waals surface area (Å²) in [5.41, 5.74) is 3.37. The molecule has 2 aliphatic rings. The van der Waals surface area contributed by atoms with E-state index in [1.807, 2.05) is 66.7 Å². The Morgan fingerprint density at radius 1 is 1.00 bits per heavy atom. The molecule has 155 valence electrons. The normalized spacial score (nSPS) is 22.8. The van der Waals surface area contributed by atoms with E-state index in [0.717, 1.165) is 11.1 Å². The van der Waals surface area contributed by atoms with Crippen molar-refractivity contribution >= 4 is 11.6 Å². The Morgan fingerprint density at radius 3 is 2.42 bits per heavy atom. The first-order valence-electron chi connectivity index (χ1n) is 10.1. The third-order valence-corrected chi connectivity index (χ3v) is 5.49. The summed E-state index contributed by atoms with van der Waals surface area (Å²) in [6.07, 6.45) is -1.26. The summed E-state index contributed by atoms with van der Waals surface area (Å²) in [6.45, 7) is 0.686. The first-order chi connectivity index (χ1) is 15.2. The van der Waals surface area contributed by atoms with Crippen LogP contribution in [0.2, 0.25) is 0 Å². The second-order valence-corrected chi connectivity index (χ2v) is 7.41. The van der Waals surface area contributed by atoms with Gasteiger partial charge in [-0.3, -0.25) is 19.8 Å². The second-order valence-electron chi connectivity index (χ2n) is 7.41. The smallest absolute Gasteiger partial charge is 0.400 e. The number of nitro groups is 1. The molecule has 7 nitrogen and oxygen atoms in total. The fraction of sp³-hybridized carbons (Fsp3) is 0.208. The van der Waals surface area contributed by atoms with Gasteiger partial charge in [-0.2, -0.15) is 0 Å². The molecule has 0 aromatic heterocycles. The molecule has 2 aliphatic heterocycles. The molecule has 31 heavy (non-hydrogen) atoms. The minimum Gasteiger partial charge on any atom is -0.475 e. The van der Waals surface area contributed by atoms with Gasteiger partial charge in [0.2, 0.25) is 5.90 Å². The van der Waals surface area contributed by atoms with Gasteiger partial charge in [0, 0.05) is 11.3 Å². The third kappa shape index (κ3) is 3.75. The molecule has 0 saturated carbocycles. The largest absolute Gasteiger partial charge is 0.475 e. The molecule has 7 heteroatoms. The van der Waals surface area contributed by atoms with E-state index in [-0.39, 0.29) is 18.7 Å². The van der Waals surface area contributed by atoms with Gasteiger partial charge >= 0.3 is 6.35 Å². The van der Waals surface area contributed by atoms with Crippen molar-refractivity contribution in [1.29, 1.82) is 0 Å². The zero-order valence-corrected chi connectivity index (χ0v) is 16.6. The number of benzene rings is 3. The van der Waals surface area contributed by atoms with Crippen LogP contribution >= 0.6 is 0 Å². The summed E-state index contributed by atoms with van der Waals surface area (Å²) in [6, 6.07) is 27.8. The molecule has 3 aromatic rings. The van der Waals surface area contributed by atoms with Gasteiger partial charge in [-0.1, -0.05) is 66.7 Å². The molecule has 1 radical (unpaired) electrons. The Hall–Kier alpha value is -3.71. The van der Waals surface area contributed by atoms with Crippen LogP contribution in [0.25, 0.3) is 0 Å². The predicted molar refractivity (Wildman–Crippen MR) is 115 cm³/mol. The van der Waals surface area contributed by atoms with E-state index in [1.54, 1.807) is 17.0 Å². The van der Waals surface area contributed by atoms with E-state index in [9.17, 15) is 10.1 Å². The van der Waals surface area contributed by atoms with Crippen molar-refractivity contribution in [2.75, 3.05) is 18.1 Å². The summed E-state index contributed by atoms with van der Waals surface area (Å²) in [5, 5.41) is 11.7. The lowest BCUT2D eigenvalue weighted by molar-refractivity contribution is -0.567. The van der Waals surface area contributed by atoms with Crippen molar-refractivity contribution < 1.29 is 14.4 Å². The van der Waals surface area contributed by atoms with Crippen LogP contribution in [0.15, 0.2) is 83.9 Å². The van der Waals surface area contributed by atoms with E-state index in [2.05, 4.69) is 6.07 Å². The van der Waals surface area contributed by atoms with Gasteiger partial charge in [-0.15, -0.1) is 0 Å². The molecule has 0 aliphatic carbocycles. The number of rotatable bonds is 5. The Bertz CT molecular complexity index is 1100. The van der Waals surface area contributed by atoms with E-state index in [1.165, 1.54) is 0 Å². The maximum absolute atomic E-state index is 11.7. The third-order valence-electron chi connectivity index (χ3n) is 5.49. The molecule has 0 bridgehead atoms. The van der Waals surface area contributed by atoms with E-state index >= 15 is 0 Å². The van der Waals surface area contributed by atoms with Crippen LogP contribution in [-0.2, 0) is 9.47 Å². The zero-order valence-electron chi connectivity index (χ0n) is 16.6. The highest BCUT2D eigenvalue weighted by atomic mass is 16.7. The van der Waals surface area contributed by atoms with Gasteiger partial charge in [-0.05, 0) is 29.3 Å². The van der Waals surface area contributed by atoms with Crippen molar-refractivity contribution in [3.8, 4) is 0 Å². The molecule has 1 unspecified atom stereocenters. The summed E-state index contributed by atoms with van der Waals surface area (Å²) in [5.74, 6) is 0.490. The first kappa shape index (κ1) is 19.3. The number of ether oxygens (including phenoxy) is 2. The summed E-state index contributed by atoms with van der Waals surface area (Å²) in [4.78, 5) is 17.7. The van der Waals surface area contributed by atoms with Crippen molar-refractivity contribution in [2.24, 2.45) is 4.99 Å². The fourth-order valence-corrected chi connectivity index (χ4v) is 4.00. The van der Waals surface area contributed by atoms with Crippen LogP contribution in [-0.4, -0.2) is 30.4 Å². The van der Waals surface area contributed by atoms with E-state index in [4.69, 9.17) is 14.5 Å². The maximum atomic E-state index is 11.7. The molecule has 0 amide bonds. The van der Waals surface area contributed by atoms with Crippen LogP contribution in [0.4, 0.5) is 5.69 Å². The minimum absolute atomic E-state index is 0.0769. The molecule has 0 spiro atoms. The second kappa shape index (κ2) is 8.20. The maximum Gasteiger partial charge on any atom is 0.400 e. The number of hydrogen-bond acceptors (Lipinski definition) is 6. The molecule has 5 rings (SSSR count). The van der Waals surface area contributed by atoms with Crippen LogP contribution in [0.3, 0.4) is 0 Å². The lowest BCUT2D eigenvalue weighted by Gasteiger charge is -2.26. The van der Waals surface area contributed by atoms with E-state index in [0.29, 0.717) is 23.8 Å². The number of nitrogens with zero attached hydrogens (tertiary/aromatic N) is 3. The lowest BCUT2D eigenvalue weighted by atomic mass is 10.1. The molecule has 2 heterocycles. The molecule has 0 N–H and O–H groups in total. The number of anilines is 1. The Morgan fingerprint density at radius 2 is 1.71 bits per heavy atom. The summed E-state index contributed by atoms with van der Waals surface area (Å²) in [7, 11) is 0. The first-order valence-corrected chi connectivity index (χ1v) is 10.1. The number of hydrogen-bond donors (Lipinski definition) is 0. The van der Waals surface area contributed by atoms with Crippen LogP contribution in [0.5, 0.6) is 0 Å². The molecule has 1 saturated heterocycles. The fourth-order valence-electron chi connectivity index (χ4n) is 4.00. The van der Waals surface area contributed by atoms with Gasteiger partial charge in [-0.25, -0.2) is 4.99 Å². The van der Waals surface area contributed by atoms with Crippen LogP contribution < -0.4 is 4.90 Å².